The number of hydrogen-bond donors (Lipinski definition) is 0. The number of benzene rings is 1. The first kappa shape index (κ1) is 17.1. The van der Waals surface area contributed by atoms with Gasteiger partial charge in [-0.3, -0.25) is 4.68 Å². The van der Waals surface area contributed by atoms with Gasteiger partial charge in [-0.25, -0.2) is 14.4 Å². The van der Waals surface area contributed by atoms with Crippen LogP contribution in [0.1, 0.15) is 16.8 Å². The van der Waals surface area contributed by atoms with E-state index in [1.54, 1.807) is 18.5 Å². The van der Waals surface area contributed by atoms with E-state index in [1.807, 2.05) is 10.9 Å². The van der Waals surface area contributed by atoms with Crippen LogP contribution in [0.2, 0.25) is 0 Å². The zero-order chi connectivity index (χ0) is 18.9. The Balaban J connectivity index is 1.33. The summed E-state index contributed by atoms with van der Waals surface area (Å²) < 4.78 is 20.6. The van der Waals surface area contributed by atoms with Crippen LogP contribution in [0.5, 0.6) is 0 Å². The molecule has 0 bridgehead atoms. The molecule has 5 rings (SSSR count). The zero-order valence-corrected chi connectivity index (χ0v) is 15.5. The van der Waals surface area contributed by atoms with Crippen LogP contribution in [0.4, 0.5) is 16.0 Å². The van der Waals surface area contributed by atoms with Crippen LogP contribution in [-0.2, 0) is 24.4 Å². The van der Waals surface area contributed by atoms with E-state index < -0.39 is 0 Å². The molecule has 0 atom stereocenters. The lowest BCUT2D eigenvalue weighted by atomic mass is 10.2. The summed E-state index contributed by atoms with van der Waals surface area (Å²) in [6, 6.07) is 8.62. The normalized spacial score (nSPS) is 16.5. The molecule has 0 saturated carbocycles. The quantitative estimate of drug-likeness (QED) is 0.692. The molecule has 2 aromatic heterocycles. The number of morpholine rings is 1. The average molecular weight is 380 g/mol. The first-order chi connectivity index (χ1) is 13.8. The van der Waals surface area contributed by atoms with E-state index in [1.165, 1.54) is 23.4 Å². The molecule has 2 aliphatic heterocycles. The Kier molecular flexibility index (Phi) is 4.40. The lowest BCUT2D eigenvalue weighted by Crippen LogP contribution is -2.36. The molecule has 0 radical (unpaired) electrons. The monoisotopic (exact) mass is 380 g/mol. The van der Waals surface area contributed by atoms with Crippen molar-refractivity contribution < 1.29 is 9.13 Å². The van der Waals surface area contributed by atoms with Gasteiger partial charge in [0.1, 0.15) is 23.8 Å². The Labute approximate surface area is 162 Å². The highest BCUT2D eigenvalue weighted by molar-refractivity contribution is 5.52. The molecule has 0 amide bonds. The standard InChI is InChI=1S/C20H21FN6O/c21-17-3-1-15(2-4-17)11-27-18-13-26(12-16(18)10-24-27)20-9-19(22-14-23-20)25-5-7-28-8-6-25/h1-4,9-10,14H,5-8,11-13H2. The summed E-state index contributed by atoms with van der Waals surface area (Å²) in [5.41, 5.74) is 3.41. The predicted molar refractivity (Wildman–Crippen MR) is 103 cm³/mol. The summed E-state index contributed by atoms with van der Waals surface area (Å²) in [6.45, 7) is 5.31. The molecular formula is C20H21FN6O. The topological polar surface area (TPSA) is 59.3 Å². The maximum absolute atomic E-state index is 13.1. The van der Waals surface area contributed by atoms with Gasteiger partial charge in [0, 0.05) is 31.3 Å². The van der Waals surface area contributed by atoms with Gasteiger partial charge in [0.25, 0.3) is 0 Å². The van der Waals surface area contributed by atoms with E-state index in [-0.39, 0.29) is 5.82 Å². The molecule has 1 saturated heterocycles. The molecule has 7 nitrogen and oxygen atoms in total. The first-order valence-electron chi connectivity index (χ1n) is 9.44. The highest BCUT2D eigenvalue weighted by atomic mass is 19.1. The molecule has 8 heteroatoms. The number of ether oxygens (including phenoxy) is 1. The minimum atomic E-state index is -0.222. The first-order valence-corrected chi connectivity index (χ1v) is 9.44. The number of anilines is 2. The summed E-state index contributed by atoms with van der Waals surface area (Å²) in [5, 5.41) is 4.52. The molecule has 144 valence electrons. The van der Waals surface area contributed by atoms with Crippen LogP contribution in [0.25, 0.3) is 0 Å². The van der Waals surface area contributed by atoms with Gasteiger partial charge < -0.3 is 14.5 Å². The number of fused-ring (bicyclic) bond motifs is 1. The molecule has 3 aromatic rings. The summed E-state index contributed by atoms with van der Waals surface area (Å²) in [7, 11) is 0. The van der Waals surface area contributed by atoms with Crippen LogP contribution < -0.4 is 9.80 Å². The summed E-state index contributed by atoms with van der Waals surface area (Å²) in [5.74, 6) is 1.64. The second-order valence-electron chi connectivity index (χ2n) is 7.09. The van der Waals surface area contributed by atoms with Crippen molar-refractivity contribution >= 4 is 11.6 Å². The lowest BCUT2D eigenvalue weighted by molar-refractivity contribution is 0.122. The Morgan fingerprint density at radius 1 is 0.964 bits per heavy atom. The molecule has 1 fully saturated rings. The van der Waals surface area contributed by atoms with E-state index in [0.29, 0.717) is 6.54 Å². The summed E-state index contributed by atoms with van der Waals surface area (Å²) in [4.78, 5) is 13.4. The maximum atomic E-state index is 13.1. The molecular weight excluding hydrogens is 359 g/mol. The van der Waals surface area contributed by atoms with Gasteiger partial charge in [-0.2, -0.15) is 5.10 Å². The molecule has 4 heterocycles. The molecule has 0 spiro atoms. The average Bonchev–Trinajstić information content (AvgIpc) is 3.32. The van der Waals surface area contributed by atoms with Gasteiger partial charge in [0.2, 0.25) is 0 Å². The lowest BCUT2D eigenvalue weighted by Gasteiger charge is -2.28. The Hall–Kier alpha value is -3.00. The Bertz CT molecular complexity index is 967. The van der Waals surface area contributed by atoms with Gasteiger partial charge in [-0.05, 0) is 17.7 Å². The van der Waals surface area contributed by atoms with Gasteiger partial charge in [-0.1, -0.05) is 12.1 Å². The van der Waals surface area contributed by atoms with Gasteiger partial charge >= 0.3 is 0 Å². The molecule has 2 aliphatic rings. The fraction of sp³-hybridized carbons (Fsp3) is 0.350. The third-order valence-electron chi connectivity index (χ3n) is 5.28. The van der Waals surface area contributed by atoms with Crippen LogP contribution >= 0.6 is 0 Å². The van der Waals surface area contributed by atoms with Crippen LogP contribution in [0.15, 0.2) is 42.9 Å². The van der Waals surface area contributed by atoms with Crippen molar-refractivity contribution in [1.82, 2.24) is 19.7 Å². The number of rotatable bonds is 4. The molecule has 0 N–H and O–H groups in total. The van der Waals surface area contributed by atoms with Gasteiger partial charge in [0.15, 0.2) is 0 Å². The maximum Gasteiger partial charge on any atom is 0.134 e. The van der Waals surface area contributed by atoms with Crippen molar-refractivity contribution in [2.45, 2.75) is 19.6 Å². The third kappa shape index (κ3) is 3.31. The van der Waals surface area contributed by atoms with E-state index in [4.69, 9.17) is 4.74 Å². The SMILES string of the molecule is Fc1ccc(Cn2ncc3c2CN(c2cc(N4CCOCC4)ncn2)C3)cc1. The second kappa shape index (κ2) is 7.20. The molecule has 28 heavy (non-hydrogen) atoms. The molecule has 0 aliphatic carbocycles. The van der Waals surface area contributed by atoms with Crippen LogP contribution in [-0.4, -0.2) is 46.1 Å². The fourth-order valence-electron chi connectivity index (χ4n) is 3.74. The van der Waals surface area contributed by atoms with Crippen molar-refractivity contribution in [2.24, 2.45) is 0 Å². The van der Waals surface area contributed by atoms with Crippen LogP contribution in [0.3, 0.4) is 0 Å². The van der Waals surface area contributed by atoms with Crippen molar-refractivity contribution in [3.05, 3.63) is 65.5 Å². The van der Waals surface area contributed by atoms with Crippen molar-refractivity contribution in [3.8, 4) is 0 Å². The zero-order valence-electron chi connectivity index (χ0n) is 15.5. The summed E-state index contributed by atoms with van der Waals surface area (Å²) in [6.07, 6.45) is 3.55. The van der Waals surface area contributed by atoms with E-state index >= 15 is 0 Å². The number of halogens is 1. The number of nitrogens with zero attached hydrogens (tertiary/aromatic N) is 6. The largest absolute Gasteiger partial charge is 0.378 e. The number of aromatic nitrogens is 4. The minimum absolute atomic E-state index is 0.222. The minimum Gasteiger partial charge on any atom is -0.378 e. The smallest absolute Gasteiger partial charge is 0.134 e. The summed E-state index contributed by atoms with van der Waals surface area (Å²) >= 11 is 0. The fourth-order valence-corrected chi connectivity index (χ4v) is 3.74. The van der Waals surface area contributed by atoms with Crippen LogP contribution in [0, 0.1) is 5.82 Å². The Morgan fingerprint density at radius 2 is 1.71 bits per heavy atom. The highest BCUT2D eigenvalue weighted by Crippen LogP contribution is 2.28. The highest BCUT2D eigenvalue weighted by Gasteiger charge is 2.25. The van der Waals surface area contributed by atoms with E-state index in [0.717, 1.165) is 56.6 Å². The Morgan fingerprint density at radius 3 is 2.50 bits per heavy atom. The molecule has 0 unspecified atom stereocenters. The van der Waals surface area contributed by atoms with Gasteiger partial charge in [0.05, 0.1) is 38.2 Å². The number of hydrogen-bond acceptors (Lipinski definition) is 6. The van der Waals surface area contributed by atoms with Gasteiger partial charge in [-0.15, -0.1) is 0 Å². The van der Waals surface area contributed by atoms with E-state index in [9.17, 15) is 4.39 Å². The van der Waals surface area contributed by atoms with Crippen molar-refractivity contribution in [3.63, 3.8) is 0 Å². The molecule has 1 aromatic carbocycles. The van der Waals surface area contributed by atoms with Crippen molar-refractivity contribution in [1.29, 1.82) is 0 Å². The predicted octanol–water partition coefficient (Wildman–Crippen LogP) is 2.22. The third-order valence-corrected chi connectivity index (χ3v) is 5.28. The van der Waals surface area contributed by atoms with E-state index in [2.05, 4.69) is 30.9 Å². The van der Waals surface area contributed by atoms with Crippen molar-refractivity contribution in [2.75, 3.05) is 36.1 Å². The second-order valence-corrected chi connectivity index (χ2v) is 7.09.